The maximum Gasteiger partial charge on any atom is 0.323 e. The zero-order valence-corrected chi connectivity index (χ0v) is 20.6. The highest BCUT2D eigenvalue weighted by Gasteiger charge is 2.59. The molecule has 0 bridgehead atoms. The van der Waals surface area contributed by atoms with Gasteiger partial charge in [-0.2, -0.15) is 5.10 Å². The van der Waals surface area contributed by atoms with Crippen LogP contribution in [-0.4, -0.2) is 35.1 Å². The smallest absolute Gasteiger partial charge is 0.309 e. The number of benzene rings is 1. The summed E-state index contributed by atoms with van der Waals surface area (Å²) in [5.41, 5.74) is 1.84. The van der Waals surface area contributed by atoms with E-state index < -0.39 is 25.5 Å². The van der Waals surface area contributed by atoms with E-state index in [1.165, 1.54) is 6.07 Å². The molecule has 2 heterocycles. The predicted molar refractivity (Wildman–Crippen MR) is 126 cm³/mol. The van der Waals surface area contributed by atoms with Gasteiger partial charge in [-0.15, -0.1) is 0 Å². The van der Waals surface area contributed by atoms with Crippen LogP contribution in [0.4, 0.5) is 20.7 Å². The van der Waals surface area contributed by atoms with E-state index in [4.69, 9.17) is 0 Å². The minimum Gasteiger partial charge on any atom is -0.309 e. The largest absolute Gasteiger partial charge is 0.323 e. The third kappa shape index (κ3) is 3.43. The molecule has 1 aliphatic heterocycles. The van der Waals surface area contributed by atoms with Crippen molar-refractivity contribution in [3.8, 4) is 0 Å². The van der Waals surface area contributed by atoms with Gasteiger partial charge in [-0.3, -0.25) is 9.89 Å². The highest BCUT2D eigenvalue weighted by molar-refractivity contribution is 6.83. The summed E-state index contributed by atoms with van der Waals surface area (Å²) >= 11 is 0. The second-order valence-electron chi connectivity index (χ2n) is 10.4. The van der Waals surface area contributed by atoms with E-state index in [9.17, 15) is 14.0 Å². The van der Waals surface area contributed by atoms with Gasteiger partial charge in [0, 0.05) is 10.6 Å². The van der Waals surface area contributed by atoms with Crippen molar-refractivity contribution in [2.24, 2.45) is 0 Å². The number of hydrogen-bond acceptors (Lipinski definition) is 3. The Hall–Kier alpha value is -2.68. The van der Waals surface area contributed by atoms with E-state index >= 15 is 0 Å². The Balaban J connectivity index is 1.56. The van der Waals surface area contributed by atoms with Gasteiger partial charge in [-0.05, 0) is 44.7 Å². The predicted octanol–water partition coefficient (Wildman–Crippen LogP) is 5.20. The summed E-state index contributed by atoms with van der Waals surface area (Å²) in [6, 6.07) is 4.40. The summed E-state index contributed by atoms with van der Waals surface area (Å²) in [5, 5.41) is 12.9. The highest BCUT2D eigenvalue weighted by atomic mass is 28.3. The lowest BCUT2D eigenvalue weighted by Gasteiger charge is -2.32. The number of nitrogens with one attached hydrogen (secondary N) is 3. The first-order valence-electron chi connectivity index (χ1n) is 11.2. The Morgan fingerprint density at radius 3 is 2.50 bits per heavy atom. The lowest BCUT2D eigenvalue weighted by molar-refractivity contribution is -0.117. The highest BCUT2D eigenvalue weighted by Crippen LogP contribution is 2.61. The summed E-state index contributed by atoms with van der Waals surface area (Å²) in [4.78, 5) is 27.9. The Morgan fingerprint density at radius 1 is 1.22 bits per heavy atom. The minimum absolute atomic E-state index is 0.0330. The van der Waals surface area contributed by atoms with Crippen LogP contribution in [0.15, 0.2) is 18.2 Å². The Bertz CT molecular complexity index is 1080. The van der Waals surface area contributed by atoms with Gasteiger partial charge >= 0.3 is 6.03 Å². The lowest BCUT2D eigenvalue weighted by Crippen LogP contribution is -2.43. The number of fused-ring (bicyclic) bond motifs is 1. The average Bonchev–Trinajstić information content (AvgIpc) is 3.38. The molecule has 0 atom stereocenters. The number of para-hydroxylation sites is 1. The average molecular weight is 458 g/mol. The fourth-order valence-corrected chi connectivity index (χ4v) is 7.16. The molecule has 1 aliphatic carbocycles. The first-order chi connectivity index (χ1) is 14.9. The molecule has 1 aromatic heterocycles. The number of aromatic amines is 1. The first kappa shape index (κ1) is 22.5. The van der Waals surface area contributed by atoms with E-state index in [2.05, 4.69) is 40.5 Å². The SMILES string of the molecule is CCc1cccc(F)c1NC(=O)N1Cc2c(NC(=O)C3([Si](C)(C)C)CC3)n[nH]c2C1(C)C. The van der Waals surface area contributed by atoms with Crippen molar-refractivity contribution in [2.45, 2.75) is 76.8 Å². The molecule has 2 aromatic rings. The monoisotopic (exact) mass is 457 g/mol. The topological polar surface area (TPSA) is 90.1 Å². The van der Waals surface area contributed by atoms with Crippen LogP contribution in [0.2, 0.25) is 24.7 Å². The number of rotatable bonds is 5. The molecule has 3 N–H and O–H groups in total. The van der Waals surface area contributed by atoms with Crippen molar-refractivity contribution in [2.75, 3.05) is 10.6 Å². The lowest BCUT2D eigenvalue weighted by atomic mass is 10.0. The number of H-pyrrole nitrogens is 1. The fourth-order valence-electron chi connectivity index (χ4n) is 4.79. The summed E-state index contributed by atoms with van der Waals surface area (Å²) < 4.78 is 14.4. The molecule has 2 aliphatic rings. The third-order valence-corrected chi connectivity index (χ3v) is 10.9. The zero-order valence-electron chi connectivity index (χ0n) is 19.6. The molecule has 32 heavy (non-hydrogen) atoms. The number of anilines is 2. The van der Waals surface area contributed by atoms with Crippen LogP contribution in [-0.2, 0) is 23.3 Å². The molecule has 7 nitrogen and oxygen atoms in total. The second kappa shape index (κ2) is 7.43. The molecule has 1 aromatic carbocycles. The number of aryl methyl sites for hydroxylation is 1. The molecule has 9 heteroatoms. The van der Waals surface area contributed by atoms with Crippen molar-refractivity contribution in [3.63, 3.8) is 0 Å². The second-order valence-corrected chi connectivity index (χ2v) is 15.9. The number of hydrogen-bond donors (Lipinski definition) is 3. The van der Waals surface area contributed by atoms with Gasteiger partial charge in [-0.1, -0.05) is 38.7 Å². The first-order valence-corrected chi connectivity index (χ1v) is 14.7. The van der Waals surface area contributed by atoms with Crippen molar-refractivity contribution in [1.29, 1.82) is 0 Å². The fraction of sp³-hybridized carbons (Fsp3) is 0.522. The van der Waals surface area contributed by atoms with Gasteiger partial charge in [0.15, 0.2) is 5.82 Å². The van der Waals surface area contributed by atoms with Crippen LogP contribution in [0.25, 0.3) is 0 Å². The summed E-state index contributed by atoms with van der Waals surface area (Å²) in [6.07, 6.45) is 2.45. The molecule has 4 rings (SSSR count). The van der Waals surface area contributed by atoms with E-state index in [1.54, 1.807) is 17.0 Å². The molecule has 172 valence electrons. The van der Waals surface area contributed by atoms with Crippen molar-refractivity contribution >= 4 is 31.5 Å². The molecule has 3 amide bonds. The van der Waals surface area contributed by atoms with Crippen LogP contribution in [0.5, 0.6) is 0 Å². The number of urea groups is 1. The van der Waals surface area contributed by atoms with E-state index in [-0.39, 0.29) is 23.2 Å². The van der Waals surface area contributed by atoms with Crippen LogP contribution >= 0.6 is 0 Å². The van der Waals surface area contributed by atoms with Crippen LogP contribution in [0.1, 0.15) is 50.4 Å². The van der Waals surface area contributed by atoms with Crippen molar-refractivity contribution < 1.29 is 14.0 Å². The van der Waals surface area contributed by atoms with Gasteiger partial charge in [0.05, 0.1) is 31.5 Å². The molecular weight excluding hydrogens is 425 g/mol. The summed E-state index contributed by atoms with van der Waals surface area (Å²) in [7, 11) is -1.67. The number of carbonyl (C=O) groups is 2. The molecule has 0 saturated heterocycles. The third-order valence-electron chi connectivity index (χ3n) is 7.28. The van der Waals surface area contributed by atoms with Crippen molar-refractivity contribution in [3.05, 3.63) is 40.8 Å². The molecule has 0 spiro atoms. The van der Waals surface area contributed by atoms with Gasteiger partial charge in [0.2, 0.25) is 5.91 Å². The number of aromatic nitrogens is 2. The van der Waals surface area contributed by atoms with Crippen LogP contribution in [0.3, 0.4) is 0 Å². The van der Waals surface area contributed by atoms with E-state index in [1.807, 2.05) is 20.8 Å². The quantitative estimate of drug-likeness (QED) is 0.539. The maximum absolute atomic E-state index is 14.4. The Labute approximate surface area is 189 Å². The summed E-state index contributed by atoms with van der Waals surface area (Å²) in [5.74, 6) is 0.0626. The van der Waals surface area contributed by atoms with Gasteiger partial charge in [0.25, 0.3) is 0 Å². The normalized spacial score (nSPS) is 18.3. The Kier molecular flexibility index (Phi) is 5.23. The van der Waals surface area contributed by atoms with Gasteiger partial charge < -0.3 is 15.5 Å². The van der Waals surface area contributed by atoms with Crippen LogP contribution < -0.4 is 10.6 Å². The van der Waals surface area contributed by atoms with Gasteiger partial charge in [-0.25, -0.2) is 9.18 Å². The molecule has 1 saturated carbocycles. The van der Waals surface area contributed by atoms with E-state index in [0.717, 1.165) is 29.7 Å². The molecule has 0 radical (unpaired) electrons. The number of halogens is 1. The molecule has 1 fully saturated rings. The number of amides is 3. The Morgan fingerprint density at radius 2 is 1.91 bits per heavy atom. The molecular formula is C23H32FN5O2Si. The number of carbonyl (C=O) groups excluding carboxylic acids is 2. The van der Waals surface area contributed by atoms with Gasteiger partial charge in [0.1, 0.15) is 5.82 Å². The summed E-state index contributed by atoms with van der Waals surface area (Å²) in [6.45, 7) is 12.7. The minimum atomic E-state index is -1.67. The number of nitrogens with zero attached hydrogens (tertiary/aromatic N) is 2. The van der Waals surface area contributed by atoms with Crippen LogP contribution in [0, 0.1) is 5.82 Å². The van der Waals surface area contributed by atoms with E-state index in [0.29, 0.717) is 12.2 Å². The van der Waals surface area contributed by atoms with Crippen molar-refractivity contribution in [1.82, 2.24) is 15.1 Å². The zero-order chi connectivity index (χ0) is 23.5. The molecule has 0 unspecified atom stereocenters. The standard InChI is InChI=1S/C23H32FN5O2Si/c1-7-14-9-8-10-16(24)17(14)25-21(31)29-13-15-18(22(29,2)3)27-28-19(15)26-20(30)23(11-12-23)32(4,5)6/h8-10H,7,11-13H2,1-6H3,(H,25,31)(H2,26,27,28,30). The maximum atomic E-state index is 14.4.